The number of fused-ring (bicyclic) bond motifs is 1. The summed E-state index contributed by atoms with van der Waals surface area (Å²) in [7, 11) is 0. The van der Waals surface area contributed by atoms with Gasteiger partial charge in [0.15, 0.2) is 6.04 Å². The van der Waals surface area contributed by atoms with Crippen molar-refractivity contribution in [2.75, 3.05) is 10.6 Å². The minimum Gasteiger partial charge on any atom is -0.363 e. The molecule has 1 amide bonds. The molecule has 1 aromatic carbocycles. The van der Waals surface area contributed by atoms with E-state index in [1.807, 2.05) is 16.9 Å². The third kappa shape index (κ3) is 3.83. The van der Waals surface area contributed by atoms with Gasteiger partial charge in [0.05, 0.1) is 29.7 Å². The number of hydrogen-bond acceptors (Lipinski definition) is 4. The molecule has 5 aliphatic rings. The summed E-state index contributed by atoms with van der Waals surface area (Å²) in [5.74, 6) is 1.86. The van der Waals surface area contributed by atoms with Gasteiger partial charge in [0.25, 0.3) is 5.91 Å². The highest BCUT2D eigenvalue weighted by Crippen LogP contribution is 2.58. The summed E-state index contributed by atoms with van der Waals surface area (Å²) in [6, 6.07) is 6.56. The molecule has 4 fully saturated rings. The van der Waals surface area contributed by atoms with Gasteiger partial charge in [0, 0.05) is 12.6 Å². The zero-order valence-corrected chi connectivity index (χ0v) is 20.3. The molecule has 0 spiro atoms. The quantitative estimate of drug-likeness (QED) is 0.457. The molecule has 4 bridgehead atoms. The third-order valence-corrected chi connectivity index (χ3v) is 9.02. The monoisotopic (exact) mass is 510 g/mol. The number of aromatic nitrogens is 4. The Balaban J connectivity index is 1.15. The molecule has 1 aliphatic heterocycles. The zero-order chi connectivity index (χ0) is 25.4. The summed E-state index contributed by atoms with van der Waals surface area (Å²) in [6.45, 7) is 0. The van der Waals surface area contributed by atoms with E-state index in [4.69, 9.17) is 0 Å². The fraction of sp³-hybridized carbons (Fsp3) is 0.519. The van der Waals surface area contributed by atoms with Crippen LogP contribution in [0.5, 0.6) is 0 Å². The second kappa shape index (κ2) is 8.10. The standard InChI is InChI=1S/C27H29F3N6O/c28-27(29,30)23-9-22(19-4-2-1-3-5-19)34-24-21(14-32-36(23)24)25(37)33-20-13-31-35(15-20)26-10-16-6-17(11-26)8-18(7-16)12-26/h1-5,13-18,22-23,34H,6-12H2,(H,33,37)/t16?,17?,18?,22-,23+,26?/m1/s1. The Labute approximate surface area is 212 Å². The van der Waals surface area contributed by atoms with Gasteiger partial charge in [-0.1, -0.05) is 30.3 Å². The van der Waals surface area contributed by atoms with Crippen LogP contribution in [-0.4, -0.2) is 31.6 Å². The summed E-state index contributed by atoms with van der Waals surface area (Å²) in [5, 5.41) is 14.6. The maximum absolute atomic E-state index is 14.0. The number of carbonyl (C=O) groups excluding carboxylic acids is 1. The van der Waals surface area contributed by atoms with Crippen molar-refractivity contribution in [3.05, 3.63) is 60.0 Å². The minimum atomic E-state index is -4.50. The topological polar surface area (TPSA) is 76.8 Å². The lowest BCUT2D eigenvalue weighted by atomic mass is 9.53. The molecule has 37 heavy (non-hydrogen) atoms. The van der Waals surface area contributed by atoms with Crippen molar-refractivity contribution >= 4 is 17.4 Å². The van der Waals surface area contributed by atoms with Gasteiger partial charge in [-0.25, -0.2) is 4.68 Å². The second-order valence-corrected chi connectivity index (χ2v) is 11.5. The van der Waals surface area contributed by atoms with Crippen molar-refractivity contribution in [2.45, 2.75) is 68.7 Å². The number of nitrogens with zero attached hydrogens (tertiary/aromatic N) is 4. The van der Waals surface area contributed by atoms with E-state index in [-0.39, 0.29) is 23.3 Å². The molecular formula is C27H29F3N6O. The number of alkyl halides is 3. The van der Waals surface area contributed by atoms with Gasteiger partial charge < -0.3 is 10.6 Å². The highest BCUT2D eigenvalue weighted by atomic mass is 19.4. The summed E-state index contributed by atoms with van der Waals surface area (Å²) in [5.41, 5.74) is 1.38. The molecule has 7 nitrogen and oxygen atoms in total. The van der Waals surface area contributed by atoms with Crippen LogP contribution in [0.25, 0.3) is 0 Å². The molecule has 3 heterocycles. The summed E-state index contributed by atoms with van der Waals surface area (Å²) in [6.07, 6.45) is 7.42. The van der Waals surface area contributed by atoms with Gasteiger partial charge in [-0.05, 0) is 61.8 Å². The van der Waals surface area contributed by atoms with Crippen molar-refractivity contribution < 1.29 is 18.0 Å². The number of amides is 1. The Morgan fingerprint density at radius 2 is 1.65 bits per heavy atom. The van der Waals surface area contributed by atoms with Crippen LogP contribution in [0.1, 0.15) is 73.0 Å². The van der Waals surface area contributed by atoms with E-state index in [1.54, 1.807) is 30.5 Å². The number of nitrogens with one attached hydrogen (secondary N) is 2. The first-order chi connectivity index (χ1) is 17.8. The van der Waals surface area contributed by atoms with Crippen molar-refractivity contribution in [1.82, 2.24) is 19.6 Å². The van der Waals surface area contributed by atoms with Gasteiger partial charge in [-0.3, -0.25) is 9.48 Å². The van der Waals surface area contributed by atoms with E-state index in [0.29, 0.717) is 5.69 Å². The van der Waals surface area contributed by atoms with Crippen LogP contribution in [0, 0.1) is 17.8 Å². The van der Waals surface area contributed by atoms with Gasteiger partial charge >= 0.3 is 6.18 Å². The van der Waals surface area contributed by atoms with Crippen LogP contribution in [0.15, 0.2) is 48.9 Å². The predicted molar refractivity (Wildman–Crippen MR) is 131 cm³/mol. The highest BCUT2D eigenvalue weighted by Gasteiger charge is 2.52. The van der Waals surface area contributed by atoms with Gasteiger partial charge in [-0.2, -0.15) is 23.4 Å². The van der Waals surface area contributed by atoms with Crippen LogP contribution in [-0.2, 0) is 5.54 Å². The van der Waals surface area contributed by atoms with Crippen LogP contribution in [0.3, 0.4) is 0 Å². The SMILES string of the molecule is O=C(Nc1cnn(C23CC4CC(CC(C4)C2)C3)c1)c1cnn2c1N[C@@H](c1ccccc1)C[C@H]2C(F)(F)F. The number of carbonyl (C=O) groups is 1. The molecule has 2 atom stereocenters. The highest BCUT2D eigenvalue weighted by molar-refractivity contribution is 6.07. The molecule has 194 valence electrons. The number of rotatable bonds is 4. The fourth-order valence-electron chi connectivity index (χ4n) is 7.82. The largest absolute Gasteiger partial charge is 0.410 e. The van der Waals surface area contributed by atoms with E-state index in [1.165, 1.54) is 25.5 Å². The lowest BCUT2D eigenvalue weighted by Crippen LogP contribution is -2.52. The molecule has 4 aliphatic carbocycles. The molecule has 4 saturated carbocycles. The maximum Gasteiger partial charge on any atom is 0.410 e. The number of anilines is 2. The summed E-state index contributed by atoms with van der Waals surface area (Å²) >= 11 is 0. The van der Waals surface area contributed by atoms with Gasteiger partial charge in [0.2, 0.25) is 0 Å². The first-order valence-electron chi connectivity index (χ1n) is 13.1. The molecule has 8 rings (SSSR count). The smallest absolute Gasteiger partial charge is 0.363 e. The van der Waals surface area contributed by atoms with E-state index >= 15 is 0 Å². The number of hydrogen-bond donors (Lipinski definition) is 2. The van der Waals surface area contributed by atoms with Gasteiger partial charge in [-0.15, -0.1) is 0 Å². The lowest BCUT2D eigenvalue weighted by Gasteiger charge is -2.56. The van der Waals surface area contributed by atoms with Gasteiger partial charge in [0.1, 0.15) is 11.4 Å². The summed E-state index contributed by atoms with van der Waals surface area (Å²) < 4.78 is 44.9. The van der Waals surface area contributed by atoms with E-state index in [0.717, 1.165) is 47.3 Å². The van der Waals surface area contributed by atoms with E-state index in [9.17, 15) is 18.0 Å². The van der Waals surface area contributed by atoms with Crippen LogP contribution < -0.4 is 10.6 Å². The minimum absolute atomic E-state index is 0.0268. The first kappa shape index (κ1) is 22.9. The van der Waals surface area contributed by atoms with Crippen LogP contribution >= 0.6 is 0 Å². The number of halogens is 3. The molecule has 2 aromatic heterocycles. The Bertz CT molecular complexity index is 1290. The summed E-state index contributed by atoms with van der Waals surface area (Å²) in [4.78, 5) is 13.3. The zero-order valence-electron chi connectivity index (χ0n) is 20.3. The molecule has 3 aromatic rings. The Kier molecular flexibility index (Phi) is 5.00. The fourth-order valence-corrected chi connectivity index (χ4v) is 7.82. The van der Waals surface area contributed by atoms with Crippen molar-refractivity contribution in [2.24, 2.45) is 17.8 Å². The molecule has 2 N–H and O–H groups in total. The Morgan fingerprint density at radius 1 is 0.973 bits per heavy atom. The molecule has 10 heteroatoms. The van der Waals surface area contributed by atoms with Crippen LogP contribution in [0.4, 0.5) is 24.7 Å². The average molecular weight is 511 g/mol. The Hall–Kier alpha value is -3.30. The predicted octanol–water partition coefficient (Wildman–Crippen LogP) is 5.92. The molecular weight excluding hydrogens is 481 g/mol. The first-order valence-corrected chi connectivity index (χ1v) is 13.1. The second-order valence-electron chi connectivity index (χ2n) is 11.5. The molecule has 0 saturated heterocycles. The maximum atomic E-state index is 14.0. The van der Waals surface area contributed by atoms with Crippen LogP contribution in [0.2, 0.25) is 0 Å². The lowest BCUT2D eigenvalue weighted by molar-refractivity contribution is -0.173. The van der Waals surface area contributed by atoms with Crippen molar-refractivity contribution in [1.29, 1.82) is 0 Å². The average Bonchev–Trinajstić information content (AvgIpc) is 3.50. The normalized spacial score (nSPS) is 32.1. The van der Waals surface area contributed by atoms with Crippen molar-refractivity contribution in [3.63, 3.8) is 0 Å². The molecule has 0 unspecified atom stereocenters. The van der Waals surface area contributed by atoms with Crippen molar-refractivity contribution in [3.8, 4) is 0 Å². The third-order valence-electron chi connectivity index (χ3n) is 9.02. The number of benzene rings is 1. The Morgan fingerprint density at radius 3 is 2.30 bits per heavy atom. The van der Waals surface area contributed by atoms with E-state index in [2.05, 4.69) is 20.8 Å². The van der Waals surface area contributed by atoms with E-state index < -0.39 is 24.2 Å². The molecule has 0 radical (unpaired) electrons.